The van der Waals surface area contributed by atoms with E-state index in [0.717, 1.165) is 43.2 Å². The van der Waals surface area contributed by atoms with E-state index in [4.69, 9.17) is 4.74 Å². The normalized spacial score (nSPS) is 15.3. The summed E-state index contributed by atoms with van der Waals surface area (Å²) in [4.78, 5) is 24.2. The molecule has 2 amide bonds. The minimum atomic E-state index is -0.140. The van der Waals surface area contributed by atoms with Gasteiger partial charge in [-0.05, 0) is 48.9 Å². The Morgan fingerprint density at radius 3 is 2.42 bits per heavy atom. The maximum absolute atomic E-state index is 12.2. The Hall–Kier alpha value is -2.04. The molecule has 5 heteroatoms. The molecular weight excluding hydrogens is 388 g/mol. The van der Waals surface area contributed by atoms with Crippen molar-refractivity contribution in [3.05, 3.63) is 24.3 Å². The second-order valence-corrected chi connectivity index (χ2v) is 8.93. The lowest BCUT2D eigenvalue weighted by Gasteiger charge is -2.21. The average molecular weight is 431 g/mol. The molecule has 1 saturated carbocycles. The lowest BCUT2D eigenvalue weighted by molar-refractivity contribution is -0.124. The highest BCUT2D eigenvalue weighted by Crippen LogP contribution is 2.26. The van der Waals surface area contributed by atoms with Gasteiger partial charge in [0.2, 0.25) is 11.8 Å². The van der Waals surface area contributed by atoms with E-state index in [9.17, 15) is 9.59 Å². The molecule has 174 valence electrons. The minimum Gasteiger partial charge on any atom is -0.494 e. The topological polar surface area (TPSA) is 67.4 Å². The monoisotopic (exact) mass is 430 g/mol. The van der Waals surface area contributed by atoms with Gasteiger partial charge in [0, 0.05) is 25.1 Å². The van der Waals surface area contributed by atoms with Gasteiger partial charge in [-0.1, -0.05) is 65.2 Å². The SMILES string of the molecule is CCCCC(CC)CNC(=O)CCC(=O)Nc1ccc(OCCC2CCCCC2)cc1. The molecule has 2 rings (SSSR count). The van der Waals surface area contributed by atoms with E-state index in [1.165, 1.54) is 44.9 Å². The zero-order chi connectivity index (χ0) is 22.3. The summed E-state index contributed by atoms with van der Waals surface area (Å²) in [5.74, 6) is 1.99. The largest absolute Gasteiger partial charge is 0.494 e. The molecule has 1 atom stereocenters. The van der Waals surface area contributed by atoms with Crippen LogP contribution >= 0.6 is 0 Å². The predicted molar refractivity (Wildman–Crippen MR) is 127 cm³/mol. The summed E-state index contributed by atoms with van der Waals surface area (Å²) in [6.45, 7) is 5.80. The highest BCUT2D eigenvalue weighted by molar-refractivity contribution is 5.93. The molecule has 31 heavy (non-hydrogen) atoms. The fourth-order valence-corrected chi connectivity index (χ4v) is 4.19. The molecule has 0 spiro atoms. The van der Waals surface area contributed by atoms with Crippen molar-refractivity contribution in [2.24, 2.45) is 11.8 Å². The molecule has 1 aliphatic carbocycles. The number of benzene rings is 1. The van der Waals surface area contributed by atoms with Gasteiger partial charge in [0.05, 0.1) is 6.61 Å². The molecule has 1 aliphatic rings. The molecule has 0 bridgehead atoms. The standard InChI is InChI=1S/C26H42N2O3/c1-3-5-9-21(4-2)20-27-25(29)16-17-26(30)28-23-12-14-24(15-13-23)31-19-18-22-10-7-6-8-11-22/h12-15,21-22H,3-11,16-20H2,1-2H3,(H,27,29)(H,28,30). The summed E-state index contributed by atoms with van der Waals surface area (Å²) < 4.78 is 5.86. The van der Waals surface area contributed by atoms with Crippen LogP contribution in [0.25, 0.3) is 0 Å². The van der Waals surface area contributed by atoms with E-state index in [1.807, 2.05) is 24.3 Å². The first-order valence-electron chi connectivity index (χ1n) is 12.4. The zero-order valence-corrected chi connectivity index (χ0v) is 19.6. The quantitative estimate of drug-likeness (QED) is 0.375. The third-order valence-electron chi connectivity index (χ3n) is 6.37. The maximum Gasteiger partial charge on any atom is 0.224 e. The maximum atomic E-state index is 12.2. The second-order valence-electron chi connectivity index (χ2n) is 8.93. The molecule has 1 aromatic carbocycles. The van der Waals surface area contributed by atoms with Crippen LogP contribution in [0.15, 0.2) is 24.3 Å². The van der Waals surface area contributed by atoms with Crippen molar-refractivity contribution >= 4 is 17.5 Å². The lowest BCUT2D eigenvalue weighted by Crippen LogP contribution is -2.29. The van der Waals surface area contributed by atoms with Crippen molar-refractivity contribution < 1.29 is 14.3 Å². The highest BCUT2D eigenvalue weighted by atomic mass is 16.5. The Morgan fingerprint density at radius 1 is 1.03 bits per heavy atom. The van der Waals surface area contributed by atoms with Crippen LogP contribution in [-0.2, 0) is 9.59 Å². The zero-order valence-electron chi connectivity index (χ0n) is 19.6. The summed E-state index contributed by atoms with van der Waals surface area (Å²) in [6.07, 6.45) is 12.9. The van der Waals surface area contributed by atoms with Crippen LogP contribution < -0.4 is 15.4 Å². The number of hydrogen-bond donors (Lipinski definition) is 2. The number of carbonyl (C=O) groups is 2. The van der Waals surface area contributed by atoms with Crippen LogP contribution in [0.1, 0.15) is 90.9 Å². The van der Waals surface area contributed by atoms with E-state index in [1.54, 1.807) is 0 Å². The van der Waals surface area contributed by atoms with Gasteiger partial charge in [0.25, 0.3) is 0 Å². The number of anilines is 1. The molecule has 2 N–H and O–H groups in total. The molecule has 0 radical (unpaired) electrons. The fraction of sp³-hybridized carbons (Fsp3) is 0.692. The van der Waals surface area contributed by atoms with Gasteiger partial charge in [-0.3, -0.25) is 9.59 Å². The van der Waals surface area contributed by atoms with Crippen LogP contribution in [-0.4, -0.2) is 25.0 Å². The van der Waals surface area contributed by atoms with Gasteiger partial charge in [0.15, 0.2) is 0 Å². The molecule has 1 fully saturated rings. The van der Waals surface area contributed by atoms with E-state index in [2.05, 4.69) is 24.5 Å². The minimum absolute atomic E-state index is 0.0492. The van der Waals surface area contributed by atoms with Crippen LogP contribution in [0.5, 0.6) is 5.75 Å². The Kier molecular flexibility index (Phi) is 12.1. The smallest absolute Gasteiger partial charge is 0.224 e. The van der Waals surface area contributed by atoms with Crippen LogP contribution in [0.3, 0.4) is 0 Å². The molecule has 1 aromatic rings. The van der Waals surface area contributed by atoms with Crippen molar-refractivity contribution in [3.63, 3.8) is 0 Å². The molecule has 0 aliphatic heterocycles. The Morgan fingerprint density at radius 2 is 1.74 bits per heavy atom. The Balaban J connectivity index is 1.61. The van der Waals surface area contributed by atoms with Gasteiger partial charge in [-0.15, -0.1) is 0 Å². The molecule has 0 saturated heterocycles. The lowest BCUT2D eigenvalue weighted by atomic mass is 9.87. The van der Waals surface area contributed by atoms with Crippen LogP contribution in [0.4, 0.5) is 5.69 Å². The highest BCUT2D eigenvalue weighted by Gasteiger charge is 2.13. The van der Waals surface area contributed by atoms with E-state index in [-0.39, 0.29) is 24.7 Å². The van der Waals surface area contributed by atoms with Crippen molar-refractivity contribution in [2.45, 2.75) is 90.9 Å². The summed E-state index contributed by atoms with van der Waals surface area (Å²) in [6, 6.07) is 7.50. The van der Waals surface area contributed by atoms with E-state index < -0.39 is 0 Å². The number of unbranched alkanes of at least 4 members (excludes halogenated alkanes) is 1. The van der Waals surface area contributed by atoms with Crippen molar-refractivity contribution in [3.8, 4) is 5.75 Å². The molecular formula is C26H42N2O3. The third kappa shape index (κ3) is 10.7. The number of rotatable bonds is 14. The molecule has 1 unspecified atom stereocenters. The molecule has 0 heterocycles. The van der Waals surface area contributed by atoms with Gasteiger partial charge < -0.3 is 15.4 Å². The summed E-state index contributed by atoms with van der Waals surface area (Å²) in [5.41, 5.74) is 0.732. The molecule has 0 aromatic heterocycles. The summed E-state index contributed by atoms with van der Waals surface area (Å²) in [7, 11) is 0. The van der Waals surface area contributed by atoms with Gasteiger partial charge in [-0.2, -0.15) is 0 Å². The average Bonchev–Trinajstić information content (AvgIpc) is 2.80. The van der Waals surface area contributed by atoms with E-state index in [0.29, 0.717) is 12.5 Å². The summed E-state index contributed by atoms with van der Waals surface area (Å²) >= 11 is 0. The number of carbonyl (C=O) groups excluding carboxylic acids is 2. The van der Waals surface area contributed by atoms with Gasteiger partial charge in [-0.25, -0.2) is 0 Å². The second kappa shape index (κ2) is 14.9. The number of hydrogen-bond acceptors (Lipinski definition) is 3. The van der Waals surface area contributed by atoms with Crippen LogP contribution in [0.2, 0.25) is 0 Å². The first kappa shape index (κ1) is 25.2. The number of ether oxygens (including phenoxy) is 1. The Labute approximate surface area is 188 Å². The van der Waals surface area contributed by atoms with Crippen molar-refractivity contribution in [1.82, 2.24) is 5.32 Å². The number of amides is 2. The first-order chi connectivity index (χ1) is 15.1. The third-order valence-corrected chi connectivity index (χ3v) is 6.37. The van der Waals surface area contributed by atoms with E-state index >= 15 is 0 Å². The van der Waals surface area contributed by atoms with Crippen LogP contribution in [0, 0.1) is 11.8 Å². The van der Waals surface area contributed by atoms with Gasteiger partial charge in [0.1, 0.15) is 5.75 Å². The molecule has 5 nitrogen and oxygen atoms in total. The fourth-order valence-electron chi connectivity index (χ4n) is 4.19. The predicted octanol–water partition coefficient (Wildman–Crippen LogP) is 6.09. The summed E-state index contributed by atoms with van der Waals surface area (Å²) in [5, 5.41) is 5.84. The number of nitrogens with one attached hydrogen (secondary N) is 2. The van der Waals surface area contributed by atoms with Gasteiger partial charge >= 0.3 is 0 Å². The van der Waals surface area contributed by atoms with Crippen molar-refractivity contribution in [1.29, 1.82) is 0 Å². The Bertz CT molecular complexity index is 639. The first-order valence-corrected chi connectivity index (χ1v) is 12.4. The van der Waals surface area contributed by atoms with Crippen molar-refractivity contribution in [2.75, 3.05) is 18.5 Å².